The van der Waals surface area contributed by atoms with Gasteiger partial charge in [-0.25, -0.2) is 0 Å². The number of methoxy groups -OCH3 is 1. The van der Waals surface area contributed by atoms with E-state index in [0.717, 1.165) is 18.5 Å². The molecule has 0 radical (unpaired) electrons. The van der Waals surface area contributed by atoms with E-state index >= 15 is 0 Å². The molecule has 0 aliphatic heterocycles. The van der Waals surface area contributed by atoms with Crippen molar-refractivity contribution < 1.29 is 4.74 Å². The monoisotopic (exact) mass is 258 g/mol. The van der Waals surface area contributed by atoms with Gasteiger partial charge in [0.2, 0.25) is 0 Å². The van der Waals surface area contributed by atoms with Crippen LogP contribution in [0.1, 0.15) is 31.9 Å². The second-order valence-corrected chi connectivity index (χ2v) is 4.83. The molecular weight excluding hydrogens is 236 g/mol. The summed E-state index contributed by atoms with van der Waals surface area (Å²) in [6.45, 7) is 5.23. The van der Waals surface area contributed by atoms with Gasteiger partial charge in [-0.15, -0.1) is 0 Å². The van der Waals surface area contributed by atoms with E-state index in [1.807, 2.05) is 24.4 Å². The minimum atomic E-state index is 0.120. The Morgan fingerprint density at radius 1 is 1.32 bits per heavy atom. The molecule has 3 nitrogen and oxygen atoms in total. The predicted molar refractivity (Wildman–Crippen MR) is 79.2 cm³/mol. The van der Waals surface area contributed by atoms with Crippen LogP contribution >= 0.6 is 0 Å². The Morgan fingerprint density at radius 2 is 2.11 bits per heavy atom. The molecule has 2 rings (SSSR count). The number of nitrogens with one attached hydrogen (secondary N) is 1. The highest BCUT2D eigenvalue weighted by Gasteiger charge is 2.18. The molecule has 2 unspecified atom stereocenters. The Kier molecular flexibility index (Phi) is 4.88. The number of rotatable bonds is 6. The second-order valence-electron chi connectivity index (χ2n) is 4.83. The lowest BCUT2D eigenvalue weighted by Gasteiger charge is -2.24. The van der Waals surface area contributed by atoms with Gasteiger partial charge in [-0.3, -0.25) is 4.98 Å². The van der Waals surface area contributed by atoms with Crippen molar-refractivity contribution >= 4 is 10.9 Å². The molecule has 0 aliphatic rings. The van der Waals surface area contributed by atoms with Gasteiger partial charge in [-0.05, 0) is 37.6 Å². The number of pyridine rings is 1. The first kappa shape index (κ1) is 14.0. The van der Waals surface area contributed by atoms with Gasteiger partial charge in [0.25, 0.3) is 0 Å². The molecule has 1 aromatic carbocycles. The number of benzene rings is 1. The Hall–Kier alpha value is -1.45. The van der Waals surface area contributed by atoms with E-state index in [0.29, 0.717) is 0 Å². The van der Waals surface area contributed by atoms with E-state index in [1.54, 1.807) is 7.11 Å². The third kappa shape index (κ3) is 3.31. The van der Waals surface area contributed by atoms with E-state index < -0.39 is 0 Å². The molecule has 0 saturated heterocycles. The third-order valence-electron chi connectivity index (χ3n) is 3.43. The van der Waals surface area contributed by atoms with Crippen molar-refractivity contribution in [1.29, 1.82) is 0 Å². The molecule has 19 heavy (non-hydrogen) atoms. The first-order valence-corrected chi connectivity index (χ1v) is 6.87. The fourth-order valence-corrected chi connectivity index (χ4v) is 2.25. The maximum Gasteiger partial charge on any atom is 0.0738 e. The van der Waals surface area contributed by atoms with Gasteiger partial charge in [-0.1, -0.05) is 25.1 Å². The summed E-state index contributed by atoms with van der Waals surface area (Å²) in [6.07, 6.45) is 3.17. The topological polar surface area (TPSA) is 34.2 Å². The van der Waals surface area contributed by atoms with Gasteiger partial charge in [0, 0.05) is 18.7 Å². The SMILES string of the molecule is CCCNC(c1cnc2ccccc2c1)C(C)OC. The molecule has 1 N–H and O–H groups in total. The highest BCUT2D eigenvalue weighted by Crippen LogP contribution is 2.22. The van der Waals surface area contributed by atoms with E-state index in [9.17, 15) is 0 Å². The zero-order valence-electron chi connectivity index (χ0n) is 11.9. The predicted octanol–water partition coefficient (Wildman–Crippen LogP) is 3.31. The molecule has 0 amide bonds. The molecule has 2 aromatic rings. The maximum absolute atomic E-state index is 5.49. The number of hydrogen-bond acceptors (Lipinski definition) is 3. The quantitative estimate of drug-likeness (QED) is 0.863. The van der Waals surface area contributed by atoms with Gasteiger partial charge >= 0.3 is 0 Å². The summed E-state index contributed by atoms with van der Waals surface area (Å²) >= 11 is 0. The standard InChI is InChI=1S/C16H22N2O/c1-4-9-17-16(12(2)19-3)14-10-13-7-5-6-8-15(13)18-11-14/h5-8,10-12,16-17H,4,9H2,1-3H3. The zero-order valence-corrected chi connectivity index (χ0v) is 11.9. The molecule has 0 fully saturated rings. The maximum atomic E-state index is 5.49. The summed E-state index contributed by atoms with van der Waals surface area (Å²) in [5.74, 6) is 0. The van der Waals surface area contributed by atoms with Crippen molar-refractivity contribution in [1.82, 2.24) is 10.3 Å². The van der Waals surface area contributed by atoms with Crippen molar-refractivity contribution in [2.75, 3.05) is 13.7 Å². The van der Waals surface area contributed by atoms with Crippen LogP contribution in [0.2, 0.25) is 0 Å². The normalized spacial score (nSPS) is 14.5. The summed E-state index contributed by atoms with van der Waals surface area (Å²) in [5, 5.41) is 4.71. The van der Waals surface area contributed by atoms with Crippen LogP contribution in [0, 0.1) is 0 Å². The van der Waals surface area contributed by atoms with Crippen molar-refractivity contribution in [3.63, 3.8) is 0 Å². The van der Waals surface area contributed by atoms with Crippen LogP contribution in [0.4, 0.5) is 0 Å². The fraction of sp³-hybridized carbons (Fsp3) is 0.438. The van der Waals surface area contributed by atoms with Crippen LogP contribution in [0.25, 0.3) is 10.9 Å². The molecule has 0 aliphatic carbocycles. The van der Waals surface area contributed by atoms with E-state index in [4.69, 9.17) is 4.74 Å². The number of aromatic nitrogens is 1. The van der Waals surface area contributed by atoms with Crippen LogP contribution in [-0.2, 0) is 4.74 Å². The van der Waals surface area contributed by atoms with Gasteiger partial charge in [0.15, 0.2) is 0 Å². The van der Waals surface area contributed by atoms with E-state index in [-0.39, 0.29) is 12.1 Å². The smallest absolute Gasteiger partial charge is 0.0738 e. The van der Waals surface area contributed by atoms with Crippen LogP contribution in [0.5, 0.6) is 0 Å². The lowest BCUT2D eigenvalue weighted by molar-refractivity contribution is 0.0829. The van der Waals surface area contributed by atoms with Crippen molar-refractivity contribution in [2.24, 2.45) is 0 Å². The molecule has 0 spiro atoms. The summed E-state index contributed by atoms with van der Waals surface area (Å²) < 4.78 is 5.49. The Labute approximate surface area is 115 Å². The number of hydrogen-bond donors (Lipinski definition) is 1. The Balaban J connectivity index is 2.32. The zero-order chi connectivity index (χ0) is 13.7. The average Bonchev–Trinajstić information content (AvgIpc) is 2.47. The number of nitrogens with zero attached hydrogens (tertiary/aromatic N) is 1. The molecule has 0 bridgehead atoms. The van der Waals surface area contributed by atoms with Crippen LogP contribution in [0.15, 0.2) is 36.5 Å². The second kappa shape index (κ2) is 6.64. The fourth-order valence-electron chi connectivity index (χ4n) is 2.25. The summed E-state index contributed by atoms with van der Waals surface area (Å²) in [4.78, 5) is 4.53. The summed E-state index contributed by atoms with van der Waals surface area (Å²) in [6, 6.07) is 10.6. The van der Waals surface area contributed by atoms with Crippen molar-refractivity contribution in [3.8, 4) is 0 Å². The molecule has 1 aromatic heterocycles. The number of fused-ring (bicyclic) bond motifs is 1. The number of para-hydroxylation sites is 1. The first-order valence-electron chi connectivity index (χ1n) is 6.87. The summed E-state index contributed by atoms with van der Waals surface area (Å²) in [5.41, 5.74) is 2.21. The van der Waals surface area contributed by atoms with E-state index in [2.05, 4.69) is 36.3 Å². The van der Waals surface area contributed by atoms with Gasteiger partial charge in [0.1, 0.15) is 0 Å². The Morgan fingerprint density at radius 3 is 2.84 bits per heavy atom. The largest absolute Gasteiger partial charge is 0.380 e. The molecule has 2 atom stereocenters. The Bertz CT molecular complexity index is 527. The van der Waals surface area contributed by atoms with Crippen molar-refractivity contribution in [2.45, 2.75) is 32.4 Å². The van der Waals surface area contributed by atoms with Crippen LogP contribution < -0.4 is 5.32 Å². The first-order chi connectivity index (χ1) is 9.26. The lowest BCUT2D eigenvalue weighted by atomic mass is 10.0. The summed E-state index contributed by atoms with van der Waals surface area (Å²) in [7, 11) is 1.75. The minimum absolute atomic E-state index is 0.120. The molecular formula is C16H22N2O. The van der Waals surface area contributed by atoms with E-state index in [1.165, 1.54) is 10.9 Å². The van der Waals surface area contributed by atoms with Crippen molar-refractivity contribution in [3.05, 3.63) is 42.1 Å². The molecule has 1 heterocycles. The highest BCUT2D eigenvalue weighted by atomic mass is 16.5. The van der Waals surface area contributed by atoms with Crippen LogP contribution in [-0.4, -0.2) is 24.7 Å². The van der Waals surface area contributed by atoms with Gasteiger partial charge in [-0.2, -0.15) is 0 Å². The number of ether oxygens (including phenoxy) is 1. The highest BCUT2D eigenvalue weighted by molar-refractivity contribution is 5.78. The van der Waals surface area contributed by atoms with Gasteiger partial charge in [0.05, 0.1) is 17.7 Å². The third-order valence-corrected chi connectivity index (χ3v) is 3.43. The van der Waals surface area contributed by atoms with Crippen LogP contribution in [0.3, 0.4) is 0 Å². The van der Waals surface area contributed by atoms with Gasteiger partial charge < -0.3 is 10.1 Å². The molecule has 102 valence electrons. The average molecular weight is 258 g/mol. The minimum Gasteiger partial charge on any atom is -0.380 e. The lowest BCUT2D eigenvalue weighted by Crippen LogP contribution is -2.32. The molecule has 3 heteroatoms. The molecule has 0 saturated carbocycles.